The van der Waals surface area contributed by atoms with E-state index in [1.807, 2.05) is 77.7 Å². The average molecular weight is 413 g/mol. The number of methoxy groups -OCH3 is 1. The number of fused-ring (bicyclic) bond motifs is 2. The molecular weight excluding hydrogens is 390 g/mol. The molecule has 156 valence electrons. The highest BCUT2D eigenvalue weighted by atomic mass is 16.5. The maximum atomic E-state index is 13.1. The Labute approximate surface area is 181 Å². The van der Waals surface area contributed by atoms with Crippen molar-refractivity contribution in [3.63, 3.8) is 0 Å². The van der Waals surface area contributed by atoms with Crippen LogP contribution in [0.2, 0.25) is 0 Å². The van der Waals surface area contributed by atoms with Crippen LogP contribution in [0, 0.1) is 0 Å². The van der Waals surface area contributed by atoms with Crippen molar-refractivity contribution < 1.29 is 14.3 Å². The van der Waals surface area contributed by atoms with Crippen LogP contribution in [-0.4, -0.2) is 54.8 Å². The molecule has 0 saturated carbocycles. The Morgan fingerprint density at radius 3 is 2.35 bits per heavy atom. The number of carbonyl (C=O) groups excluding carboxylic acids is 1. The molecule has 0 N–H and O–H groups in total. The molecule has 1 fully saturated rings. The van der Waals surface area contributed by atoms with E-state index >= 15 is 0 Å². The number of carbonyl (C=O) groups is 1. The predicted molar refractivity (Wildman–Crippen MR) is 120 cm³/mol. The molecule has 6 nitrogen and oxygen atoms in total. The van der Waals surface area contributed by atoms with Crippen LogP contribution in [0.3, 0.4) is 0 Å². The highest BCUT2D eigenvalue weighted by Gasteiger charge is 2.28. The Bertz CT molecular complexity index is 1150. The second kappa shape index (κ2) is 8.14. The summed E-state index contributed by atoms with van der Waals surface area (Å²) in [6.45, 7) is 2.60. The number of amides is 1. The van der Waals surface area contributed by atoms with Gasteiger partial charge in [-0.2, -0.15) is 0 Å². The Balaban J connectivity index is 1.40. The molecule has 5 rings (SSSR count). The van der Waals surface area contributed by atoms with Crippen molar-refractivity contribution in [2.45, 2.75) is 0 Å². The fraction of sp³-hybridized carbons (Fsp3) is 0.200. The van der Waals surface area contributed by atoms with Crippen LogP contribution in [0.5, 0.6) is 17.2 Å². The number of rotatable bonds is 2. The molecule has 0 atom stereocenters. The molecule has 3 aromatic rings. The number of hydrogen-bond acceptors (Lipinski definition) is 5. The summed E-state index contributed by atoms with van der Waals surface area (Å²) in [4.78, 5) is 22.1. The quantitative estimate of drug-likeness (QED) is 0.627. The van der Waals surface area contributed by atoms with Gasteiger partial charge in [-0.05, 0) is 36.4 Å². The van der Waals surface area contributed by atoms with Gasteiger partial charge in [0.2, 0.25) is 0 Å². The minimum absolute atomic E-state index is 0.00557. The Morgan fingerprint density at radius 2 is 1.55 bits per heavy atom. The van der Waals surface area contributed by atoms with Gasteiger partial charge in [-0.15, -0.1) is 0 Å². The number of hydrogen-bond donors (Lipinski definition) is 0. The zero-order valence-electron chi connectivity index (χ0n) is 17.3. The average Bonchev–Trinajstić information content (AvgIpc) is 3.00. The van der Waals surface area contributed by atoms with Crippen molar-refractivity contribution in [2.75, 3.05) is 33.3 Å². The molecule has 2 aliphatic heterocycles. The molecule has 2 heterocycles. The van der Waals surface area contributed by atoms with E-state index in [1.54, 1.807) is 7.11 Å². The number of ether oxygens (including phenoxy) is 2. The van der Waals surface area contributed by atoms with Crippen LogP contribution in [-0.2, 0) is 0 Å². The van der Waals surface area contributed by atoms with Crippen molar-refractivity contribution in [2.24, 2.45) is 4.99 Å². The van der Waals surface area contributed by atoms with Crippen molar-refractivity contribution >= 4 is 17.4 Å². The number of piperazine rings is 1. The molecule has 3 aromatic carbocycles. The molecule has 31 heavy (non-hydrogen) atoms. The van der Waals surface area contributed by atoms with Crippen LogP contribution < -0.4 is 9.47 Å². The Kier molecular flexibility index (Phi) is 5.04. The van der Waals surface area contributed by atoms with E-state index in [1.165, 1.54) is 0 Å². The van der Waals surface area contributed by atoms with E-state index in [4.69, 9.17) is 14.5 Å². The van der Waals surface area contributed by atoms with Crippen LogP contribution in [0.4, 0.5) is 5.69 Å². The summed E-state index contributed by atoms with van der Waals surface area (Å²) < 4.78 is 11.5. The molecular formula is C25H23N3O3. The fourth-order valence-electron chi connectivity index (χ4n) is 4.02. The predicted octanol–water partition coefficient (Wildman–Crippen LogP) is 4.34. The summed E-state index contributed by atoms with van der Waals surface area (Å²) in [6.07, 6.45) is 0. The molecule has 0 aromatic heterocycles. The summed E-state index contributed by atoms with van der Waals surface area (Å²) in [7, 11) is 1.59. The lowest BCUT2D eigenvalue weighted by Crippen LogP contribution is -2.50. The van der Waals surface area contributed by atoms with Gasteiger partial charge in [0, 0.05) is 26.2 Å². The lowest BCUT2D eigenvalue weighted by molar-refractivity contribution is 0.0689. The molecule has 0 radical (unpaired) electrons. The molecule has 2 aliphatic rings. The van der Waals surface area contributed by atoms with Gasteiger partial charge in [0.05, 0.1) is 18.2 Å². The maximum Gasteiger partial charge on any atom is 0.257 e. The SMILES string of the molecule is COc1ccccc1C(=O)N1CCN(C2=Nc3ccccc3Oc3ccccc32)CC1. The number of nitrogens with zero attached hydrogens (tertiary/aromatic N) is 3. The van der Waals surface area contributed by atoms with Gasteiger partial charge in [-0.1, -0.05) is 36.4 Å². The third kappa shape index (κ3) is 3.61. The van der Waals surface area contributed by atoms with E-state index in [-0.39, 0.29) is 5.91 Å². The summed E-state index contributed by atoms with van der Waals surface area (Å²) in [5.41, 5.74) is 2.36. The lowest BCUT2D eigenvalue weighted by Gasteiger charge is -2.36. The zero-order valence-corrected chi connectivity index (χ0v) is 17.3. The third-order valence-corrected chi connectivity index (χ3v) is 5.64. The second-order valence-electron chi connectivity index (χ2n) is 7.48. The minimum atomic E-state index is -0.00557. The first-order valence-electron chi connectivity index (χ1n) is 10.4. The van der Waals surface area contributed by atoms with Crippen molar-refractivity contribution in [1.29, 1.82) is 0 Å². The monoisotopic (exact) mass is 413 g/mol. The highest BCUT2D eigenvalue weighted by molar-refractivity contribution is 6.04. The van der Waals surface area contributed by atoms with Gasteiger partial charge in [0.1, 0.15) is 23.0 Å². The third-order valence-electron chi connectivity index (χ3n) is 5.64. The minimum Gasteiger partial charge on any atom is -0.496 e. The van der Waals surface area contributed by atoms with Gasteiger partial charge in [0.25, 0.3) is 5.91 Å². The van der Waals surface area contributed by atoms with Crippen LogP contribution in [0.25, 0.3) is 0 Å². The summed E-state index contributed by atoms with van der Waals surface area (Å²) in [5, 5.41) is 0. The molecule has 1 saturated heterocycles. The van der Waals surface area contributed by atoms with E-state index < -0.39 is 0 Å². The van der Waals surface area contributed by atoms with Gasteiger partial charge in [-0.3, -0.25) is 4.79 Å². The van der Waals surface area contributed by atoms with Crippen LogP contribution in [0.1, 0.15) is 15.9 Å². The lowest BCUT2D eigenvalue weighted by atomic mass is 10.1. The standard InChI is InChI=1S/C25H23N3O3/c1-30-21-11-5-3-9-19(21)25(29)28-16-14-27(15-17-28)24-18-8-2-6-12-22(18)31-23-13-7-4-10-20(23)26-24/h2-13H,14-17H2,1H3. The van der Waals surface area contributed by atoms with Gasteiger partial charge in [0.15, 0.2) is 5.75 Å². The number of amidine groups is 1. The number of aliphatic imine (C=N–C) groups is 1. The Hall–Kier alpha value is -3.80. The van der Waals surface area contributed by atoms with Crippen molar-refractivity contribution in [3.8, 4) is 17.2 Å². The molecule has 0 aliphatic carbocycles. The topological polar surface area (TPSA) is 54.4 Å². The van der Waals surface area contributed by atoms with Crippen LogP contribution in [0.15, 0.2) is 77.8 Å². The Morgan fingerprint density at radius 1 is 0.871 bits per heavy atom. The molecule has 0 spiro atoms. The first kappa shape index (κ1) is 19.2. The number of benzene rings is 3. The van der Waals surface area contributed by atoms with Crippen molar-refractivity contribution in [3.05, 3.63) is 83.9 Å². The fourth-order valence-corrected chi connectivity index (χ4v) is 4.02. The highest BCUT2D eigenvalue weighted by Crippen LogP contribution is 2.38. The van der Waals surface area contributed by atoms with Crippen LogP contribution >= 0.6 is 0 Å². The second-order valence-corrected chi connectivity index (χ2v) is 7.48. The largest absolute Gasteiger partial charge is 0.496 e. The van der Waals surface area contributed by atoms with E-state index in [0.717, 1.165) is 28.6 Å². The van der Waals surface area contributed by atoms with Gasteiger partial charge >= 0.3 is 0 Å². The summed E-state index contributed by atoms with van der Waals surface area (Å²) in [6, 6.07) is 23.1. The first-order valence-corrected chi connectivity index (χ1v) is 10.4. The van der Waals surface area contributed by atoms with Gasteiger partial charge < -0.3 is 19.3 Å². The smallest absolute Gasteiger partial charge is 0.257 e. The molecule has 1 amide bonds. The zero-order chi connectivity index (χ0) is 21.2. The molecule has 0 unspecified atom stereocenters. The van der Waals surface area contributed by atoms with E-state index in [0.29, 0.717) is 37.5 Å². The van der Waals surface area contributed by atoms with E-state index in [2.05, 4.69) is 4.90 Å². The van der Waals surface area contributed by atoms with Crippen molar-refractivity contribution in [1.82, 2.24) is 9.80 Å². The molecule has 6 heteroatoms. The normalized spacial score (nSPS) is 15.2. The first-order chi connectivity index (χ1) is 15.2. The van der Waals surface area contributed by atoms with E-state index in [9.17, 15) is 4.79 Å². The summed E-state index contributed by atoms with van der Waals surface area (Å²) >= 11 is 0. The molecule has 0 bridgehead atoms. The maximum absolute atomic E-state index is 13.1. The summed E-state index contributed by atoms with van der Waals surface area (Å²) in [5.74, 6) is 3.01. The number of para-hydroxylation sites is 4. The van der Waals surface area contributed by atoms with Gasteiger partial charge in [-0.25, -0.2) is 4.99 Å².